The van der Waals surface area contributed by atoms with E-state index >= 15 is 0 Å². The van der Waals surface area contributed by atoms with Crippen molar-refractivity contribution in [3.05, 3.63) is 63.9 Å². The Labute approximate surface area is 121 Å². The minimum atomic E-state index is -0.00595. The molecule has 1 heterocycles. The number of hydrogen-bond donors (Lipinski definition) is 0. The molecule has 0 aliphatic heterocycles. The fraction of sp³-hybridized carbons (Fsp3) is 0.200. The monoisotopic (exact) mass is 291 g/mol. The molecule has 2 atom stereocenters. The Hall–Kier alpha value is -1.38. The standard InChI is InChI=1S/C15H11Cl2NO/c16-10-6-13(17)14(18-8-10)15(19)12-7-11(12)9-4-2-1-3-5-9/h1-6,8,11-12H,7H2. The molecule has 0 radical (unpaired) electrons. The van der Waals surface area contributed by atoms with E-state index in [1.807, 2.05) is 18.2 Å². The van der Waals surface area contributed by atoms with Crippen LogP contribution in [0.25, 0.3) is 0 Å². The first-order valence-electron chi connectivity index (χ1n) is 6.07. The summed E-state index contributed by atoms with van der Waals surface area (Å²) in [5, 5.41) is 0.771. The van der Waals surface area contributed by atoms with E-state index < -0.39 is 0 Å². The molecule has 0 spiro atoms. The van der Waals surface area contributed by atoms with Gasteiger partial charge in [-0.1, -0.05) is 53.5 Å². The lowest BCUT2D eigenvalue weighted by molar-refractivity contribution is 0.0960. The molecule has 0 saturated heterocycles. The second-order valence-corrected chi connectivity index (χ2v) is 5.55. The molecule has 2 nitrogen and oxygen atoms in total. The summed E-state index contributed by atoms with van der Waals surface area (Å²) >= 11 is 11.8. The number of pyridine rings is 1. The molecule has 1 saturated carbocycles. The zero-order valence-corrected chi connectivity index (χ0v) is 11.5. The van der Waals surface area contributed by atoms with Crippen molar-refractivity contribution in [2.24, 2.45) is 5.92 Å². The quantitative estimate of drug-likeness (QED) is 0.786. The van der Waals surface area contributed by atoms with Gasteiger partial charge in [0.1, 0.15) is 5.69 Å². The van der Waals surface area contributed by atoms with Gasteiger partial charge in [-0.25, -0.2) is 4.98 Å². The second kappa shape index (κ2) is 4.95. The fourth-order valence-corrected chi connectivity index (χ4v) is 2.80. The molecule has 19 heavy (non-hydrogen) atoms. The SMILES string of the molecule is O=C(c1ncc(Cl)cc1Cl)C1CC1c1ccccc1. The third-order valence-electron chi connectivity index (χ3n) is 3.40. The molecule has 3 rings (SSSR count). The van der Waals surface area contributed by atoms with E-state index in [1.165, 1.54) is 11.8 Å². The number of halogens is 2. The number of carbonyl (C=O) groups is 1. The van der Waals surface area contributed by atoms with Crippen LogP contribution in [0.5, 0.6) is 0 Å². The second-order valence-electron chi connectivity index (χ2n) is 4.71. The van der Waals surface area contributed by atoms with Crippen LogP contribution in [-0.4, -0.2) is 10.8 Å². The number of nitrogens with zero attached hydrogens (tertiary/aromatic N) is 1. The summed E-state index contributed by atoms with van der Waals surface area (Å²) in [5.41, 5.74) is 1.53. The molecule has 1 aliphatic rings. The van der Waals surface area contributed by atoms with Crippen molar-refractivity contribution in [1.82, 2.24) is 4.98 Å². The third-order valence-corrected chi connectivity index (χ3v) is 3.89. The molecule has 2 unspecified atom stereocenters. The van der Waals surface area contributed by atoms with Crippen LogP contribution in [0.1, 0.15) is 28.4 Å². The zero-order valence-electron chi connectivity index (χ0n) is 10.0. The van der Waals surface area contributed by atoms with Crippen LogP contribution in [0, 0.1) is 5.92 Å². The van der Waals surface area contributed by atoms with Crippen LogP contribution in [0.3, 0.4) is 0 Å². The van der Waals surface area contributed by atoms with E-state index in [0.717, 1.165) is 6.42 Å². The van der Waals surface area contributed by atoms with Gasteiger partial charge in [-0.2, -0.15) is 0 Å². The molecule has 0 amide bonds. The van der Waals surface area contributed by atoms with Crippen LogP contribution in [0.4, 0.5) is 0 Å². The summed E-state index contributed by atoms with van der Waals surface area (Å²) in [5.74, 6) is 0.298. The van der Waals surface area contributed by atoms with E-state index in [1.54, 1.807) is 6.07 Å². The van der Waals surface area contributed by atoms with Crippen molar-refractivity contribution < 1.29 is 4.79 Å². The van der Waals surface area contributed by atoms with Crippen LogP contribution in [0.2, 0.25) is 10.0 Å². The van der Waals surface area contributed by atoms with E-state index in [2.05, 4.69) is 17.1 Å². The van der Waals surface area contributed by atoms with Gasteiger partial charge in [0.25, 0.3) is 0 Å². The highest BCUT2D eigenvalue weighted by Crippen LogP contribution is 2.49. The van der Waals surface area contributed by atoms with Crippen molar-refractivity contribution in [2.75, 3.05) is 0 Å². The molecule has 2 aromatic rings. The largest absolute Gasteiger partial charge is 0.292 e. The lowest BCUT2D eigenvalue weighted by atomic mass is 10.1. The van der Waals surface area contributed by atoms with Gasteiger partial charge in [-0.15, -0.1) is 0 Å². The number of rotatable bonds is 3. The predicted octanol–water partition coefficient (Wildman–Crippen LogP) is 4.37. The van der Waals surface area contributed by atoms with Crippen LogP contribution >= 0.6 is 23.2 Å². The molecule has 1 aromatic heterocycles. The van der Waals surface area contributed by atoms with E-state index in [4.69, 9.17) is 23.2 Å². The van der Waals surface area contributed by atoms with Gasteiger partial charge in [-0.3, -0.25) is 4.79 Å². The maximum absolute atomic E-state index is 12.3. The van der Waals surface area contributed by atoms with Crippen LogP contribution in [0.15, 0.2) is 42.6 Å². The van der Waals surface area contributed by atoms with Crippen molar-refractivity contribution in [3.63, 3.8) is 0 Å². The van der Waals surface area contributed by atoms with Crippen molar-refractivity contribution in [3.8, 4) is 0 Å². The van der Waals surface area contributed by atoms with Gasteiger partial charge in [0.05, 0.1) is 10.0 Å². The summed E-state index contributed by atoms with van der Waals surface area (Å²) in [6.45, 7) is 0. The fourth-order valence-electron chi connectivity index (χ4n) is 2.32. The first-order chi connectivity index (χ1) is 9.16. The van der Waals surface area contributed by atoms with Gasteiger partial charge >= 0.3 is 0 Å². The average Bonchev–Trinajstić information content (AvgIpc) is 3.19. The summed E-state index contributed by atoms with van der Waals surface area (Å²) < 4.78 is 0. The number of hydrogen-bond acceptors (Lipinski definition) is 2. The lowest BCUT2D eigenvalue weighted by Gasteiger charge is -2.03. The van der Waals surface area contributed by atoms with Crippen LogP contribution < -0.4 is 0 Å². The maximum atomic E-state index is 12.3. The van der Waals surface area contributed by atoms with Gasteiger partial charge < -0.3 is 0 Å². The Bertz CT molecular complexity index is 627. The number of aromatic nitrogens is 1. The predicted molar refractivity (Wildman–Crippen MR) is 75.9 cm³/mol. The first-order valence-corrected chi connectivity index (χ1v) is 6.82. The highest BCUT2D eigenvalue weighted by molar-refractivity contribution is 6.36. The van der Waals surface area contributed by atoms with Gasteiger partial charge in [0.15, 0.2) is 5.78 Å². The Kier molecular flexibility index (Phi) is 3.29. The molecular weight excluding hydrogens is 281 g/mol. The first kappa shape index (κ1) is 12.6. The average molecular weight is 292 g/mol. The molecule has 0 N–H and O–H groups in total. The Morgan fingerprint density at radius 3 is 2.63 bits per heavy atom. The summed E-state index contributed by atoms with van der Waals surface area (Å²) in [4.78, 5) is 16.4. The number of Topliss-reactive ketones (excluding diaryl/α,β-unsaturated/α-hetero) is 1. The van der Waals surface area contributed by atoms with E-state index in [0.29, 0.717) is 21.7 Å². The number of ketones is 1. The molecule has 0 bridgehead atoms. The van der Waals surface area contributed by atoms with E-state index in [9.17, 15) is 4.79 Å². The molecule has 4 heteroatoms. The van der Waals surface area contributed by atoms with Gasteiger partial charge in [0.2, 0.25) is 0 Å². The molecule has 1 fully saturated rings. The summed E-state index contributed by atoms with van der Waals surface area (Å²) in [7, 11) is 0. The summed E-state index contributed by atoms with van der Waals surface area (Å²) in [6, 6.07) is 11.6. The number of benzene rings is 1. The van der Waals surface area contributed by atoms with Crippen molar-refractivity contribution >= 4 is 29.0 Å². The van der Waals surface area contributed by atoms with Gasteiger partial charge in [-0.05, 0) is 24.0 Å². The maximum Gasteiger partial charge on any atom is 0.186 e. The highest BCUT2D eigenvalue weighted by atomic mass is 35.5. The van der Waals surface area contributed by atoms with Crippen molar-refractivity contribution in [1.29, 1.82) is 0 Å². The Morgan fingerprint density at radius 1 is 1.21 bits per heavy atom. The zero-order chi connectivity index (χ0) is 13.4. The smallest absolute Gasteiger partial charge is 0.186 e. The van der Waals surface area contributed by atoms with E-state index in [-0.39, 0.29) is 11.7 Å². The minimum Gasteiger partial charge on any atom is -0.292 e. The lowest BCUT2D eigenvalue weighted by Crippen LogP contribution is -2.06. The highest BCUT2D eigenvalue weighted by Gasteiger charge is 2.44. The molecule has 96 valence electrons. The Morgan fingerprint density at radius 2 is 1.95 bits per heavy atom. The topological polar surface area (TPSA) is 30.0 Å². The third kappa shape index (κ3) is 2.51. The van der Waals surface area contributed by atoms with Gasteiger partial charge in [0, 0.05) is 12.1 Å². The molecule has 1 aliphatic carbocycles. The minimum absolute atomic E-state index is 0.00595. The normalized spacial score (nSPS) is 21.2. The molecule has 1 aromatic carbocycles. The Balaban J connectivity index is 1.80. The summed E-state index contributed by atoms with van der Waals surface area (Å²) in [6.07, 6.45) is 2.32. The number of carbonyl (C=O) groups excluding carboxylic acids is 1. The molecular formula is C15H11Cl2NO. The van der Waals surface area contributed by atoms with Crippen molar-refractivity contribution in [2.45, 2.75) is 12.3 Å². The van der Waals surface area contributed by atoms with Crippen LogP contribution in [-0.2, 0) is 0 Å².